The van der Waals surface area contributed by atoms with Crippen LogP contribution in [0, 0.1) is 0 Å². The molecule has 0 saturated carbocycles. The number of rotatable bonds is 3. The molecule has 4 nitrogen and oxygen atoms in total. The maximum atomic E-state index is 11.9. The smallest absolute Gasteiger partial charge is 0.340 e. The van der Waals surface area contributed by atoms with Gasteiger partial charge in [-0.3, -0.25) is 5.14 Å². The average molecular weight is 227 g/mol. The molecule has 0 spiro atoms. The molecule has 2 N–H and O–H groups in total. The number of ether oxygens (including phenoxy) is 1. The normalized spacial score (nSPS) is 14.0. The van der Waals surface area contributed by atoms with E-state index in [1.807, 2.05) is 0 Å². The van der Waals surface area contributed by atoms with E-state index >= 15 is 0 Å². The fourth-order valence-corrected chi connectivity index (χ4v) is 2.09. The van der Waals surface area contributed by atoms with Crippen molar-refractivity contribution in [2.45, 2.75) is 11.8 Å². The second-order valence-electron chi connectivity index (χ2n) is 2.83. The molecule has 5 heteroatoms. The Morgan fingerprint density at radius 3 is 2.60 bits per heavy atom. The lowest BCUT2D eigenvalue weighted by molar-refractivity contribution is -0.134. The maximum absolute atomic E-state index is 11.9. The Morgan fingerprint density at radius 2 is 2.07 bits per heavy atom. The third-order valence-electron chi connectivity index (χ3n) is 1.67. The highest BCUT2D eigenvalue weighted by Gasteiger charge is 2.07. The second-order valence-corrected chi connectivity index (χ2v) is 4.83. The van der Waals surface area contributed by atoms with Crippen LogP contribution in [-0.4, -0.2) is 22.2 Å². The first-order chi connectivity index (χ1) is 7.06. The van der Waals surface area contributed by atoms with Crippen molar-refractivity contribution in [3.8, 4) is 0 Å². The van der Waals surface area contributed by atoms with Gasteiger partial charge in [0.1, 0.15) is 0 Å². The largest absolute Gasteiger partial charge is 0.462 e. The third kappa shape index (κ3) is 3.38. The Labute approximate surface area is 89.2 Å². The summed E-state index contributed by atoms with van der Waals surface area (Å²) in [5.74, 6) is -0.658. The zero-order valence-electron chi connectivity index (χ0n) is 8.38. The standard InChI is InChI=1S/C10H13NO3S/c1-2-14-10(12)8-15(11,13)9-6-4-3-5-7-9/h3-8H,2H2,1H3,(H2,11,13). The van der Waals surface area contributed by atoms with E-state index < -0.39 is 15.7 Å². The highest BCUT2D eigenvalue weighted by Crippen LogP contribution is 2.05. The minimum absolute atomic E-state index is 0.236. The monoisotopic (exact) mass is 227 g/mol. The number of carbonyl (C=O) groups is 1. The topological polar surface area (TPSA) is 69.4 Å². The van der Waals surface area contributed by atoms with Crippen molar-refractivity contribution >= 4 is 21.0 Å². The van der Waals surface area contributed by atoms with Crippen molar-refractivity contribution in [2.24, 2.45) is 5.14 Å². The molecule has 0 aliphatic heterocycles. The Kier molecular flexibility index (Phi) is 3.88. The van der Waals surface area contributed by atoms with Gasteiger partial charge in [0.2, 0.25) is 0 Å². The molecule has 1 aromatic carbocycles. The van der Waals surface area contributed by atoms with Crippen LogP contribution in [0.5, 0.6) is 0 Å². The van der Waals surface area contributed by atoms with Gasteiger partial charge in [0.05, 0.1) is 21.7 Å². The predicted molar refractivity (Wildman–Crippen MR) is 59.7 cm³/mol. The number of nitrogens with two attached hydrogens (primary N) is 1. The molecule has 0 aliphatic carbocycles. The molecule has 0 radical (unpaired) electrons. The fourth-order valence-electron chi connectivity index (χ4n) is 1.02. The number of esters is 1. The van der Waals surface area contributed by atoms with Gasteiger partial charge in [-0.15, -0.1) is 0 Å². The van der Waals surface area contributed by atoms with E-state index in [1.165, 1.54) is 0 Å². The number of benzene rings is 1. The molecule has 0 heterocycles. The molecule has 15 heavy (non-hydrogen) atoms. The van der Waals surface area contributed by atoms with E-state index in [0.717, 1.165) is 5.37 Å². The van der Waals surface area contributed by atoms with E-state index in [0.29, 0.717) is 4.90 Å². The van der Waals surface area contributed by atoms with Crippen LogP contribution < -0.4 is 5.14 Å². The summed E-state index contributed by atoms with van der Waals surface area (Å²) in [5, 5.41) is 6.46. The van der Waals surface area contributed by atoms with E-state index in [4.69, 9.17) is 5.14 Å². The van der Waals surface area contributed by atoms with Gasteiger partial charge >= 0.3 is 5.97 Å². The molecule has 0 saturated heterocycles. The van der Waals surface area contributed by atoms with Gasteiger partial charge in [0, 0.05) is 4.90 Å². The van der Waals surface area contributed by atoms with Gasteiger partial charge in [-0.2, -0.15) is 0 Å². The van der Waals surface area contributed by atoms with Crippen LogP contribution in [0.3, 0.4) is 0 Å². The van der Waals surface area contributed by atoms with Crippen molar-refractivity contribution in [3.05, 3.63) is 30.3 Å². The highest BCUT2D eigenvalue weighted by molar-refractivity contribution is 8.00. The average Bonchev–Trinajstić information content (AvgIpc) is 2.18. The van der Waals surface area contributed by atoms with Crippen molar-refractivity contribution in [2.75, 3.05) is 6.61 Å². The minimum atomic E-state index is -2.93. The predicted octanol–water partition coefficient (Wildman–Crippen LogP) is 0.569. The molecule has 1 aromatic rings. The summed E-state index contributed by atoms with van der Waals surface area (Å²) < 4.78 is 16.5. The summed E-state index contributed by atoms with van der Waals surface area (Å²) in [5.41, 5.74) is 0. The lowest BCUT2D eigenvalue weighted by atomic mass is 10.4. The molecule has 0 bridgehead atoms. The SMILES string of the molecule is CCOC(=O)C=S(N)(=O)c1ccccc1. The van der Waals surface area contributed by atoms with Crippen molar-refractivity contribution in [3.63, 3.8) is 0 Å². The van der Waals surface area contributed by atoms with Crippen molar-refractivity contribution in [1.82, 2.24) is 0 Å². The zero-order chi connectivity index (χ0) is 11.3. The molecule has 1 atom stereocenters. The zero-order valence-corrected chi connectivity index (χ0v) is 9.20. The molecular weight excluding hydrogens is 214 g/mol. The first-order valence-corrected chi connectivity index (χ1v) is 6.13. The Balaban J connectivity index is 3.03. The quantitative estimate of drug-likeness (QED) is 0.606. The summed E-state index contributed by atoms with van der Waals surface area (Å²) >= 11 is 0. The Hall–Kier alpha value is -1.33. The van der Waals surface area contributed by atoms with Gasteiger partial charge in [0.15, 0.2) is 0 Å². The van der Waals surface area contributed by atoms with E-state index in [9.17, 15) is 9.00 Å². The van der Waals surface area contributed by atoms with Gasteiger partial charge in [-0.25, -0.2) is 9.00 Å². The van der Waals surface area contributed by atoms with Gasteiger partial charge < -0.3 is 4.74 Å². The van der Waals surface area contributed by atoms with E-state index in [-0.39, 0.29) is 6.61 Å². The molecule has 1 unspecified atom stereocenters. The summed E-state index contributed by atoms with van der Waals surface area (Å²) in [7, 11) is -2.93. The summed E-state index contributed by atoms with van der Waals surface area (Å²) in [6, 6.07) is 8.42. The molecular formula is C10H13NO3S. The third-order valence-corrected chi connectivity index (χ3v) is 3.22. The Morgan fingerprint density at radius 1 is 1.47 bits per heavy atom. The highest BCUT2D eigenvalue weighted by atomic mass is 32.2. The molecule has 0 fully saturated rings. The number of hydrogen-bond acceptors (Lipinski definition) is 3. The van der Waals surface area contributed by atoms with E-state index in [1.54, 1.807) is 37.3 Å². The van der Waals surface area contributed by atoms with Crippen molar-refractivity contribution in [1.29, 1.82) is 0 Å². The fraction of sp³-hybridized carbons (Fsp3) is 0.200. The lowest BCUT2D eigenvalue weighted by Crippen LogP contribution is -2.21. The van der Waals surface area contributed by atoms with Crippen LogP contribution in [0.1, 0.15) is 6.92 Å². The van der Waals surface area contributed by atoms with Crippen molar-refractivity contribution < 1.29 is 13.7 Å². The lowest BCUT2D eigenvalue weighted by Gasteiger charge is -2.04. The molecule has 0 amide bonds. The molecule has 0 aliphatic rings. The van der Waals surface area contributed by atoms with Crippen LogP contribution in [-0.2, 0) is 19.2 Å². The van der Waals surface area contributed by atoms with E-state index in [2.05, 4.69) is 4.74 Å². The number of hydrogen-bond donors (Lipinski definition) is 1. The first kappa shape index (κ1) is 11.7. The van der Waals surface area contributed by atoms with Crippen LogP contribution in [0.25, 0.3) is 0 Å². The van der Waals surface area contributed by atoms with Crippen LogP contribution >= 0.6 is 0 Å². The summed E-state index contributed by atoms with van der Waals surface area (Å²) in [6.07, 6.45) is 0. The van der Waals surface area contributed by atoms with Crippen LogP contribution in [0.4, 0.5) is 0 Å². The minimum Gasteiger partial charge on any atom is -0.462 e. The summed E-state index contributed by atoms with van der Waals surface area (Å²) in [4.78, 5) is 11.5. The number of carbonyl (C=O) groups excluding carboxylic acids is 1. The molecule has 82 valence electrons. The summed E-state index contributed by atoms with van der Waals surface area (Å²) in [6.45, 7) is 1.91. The molecule has 1 rings (SSSR count). The molecule has 0 aromatic heterocycles. The van der Waals surface area contributed by atoms with Gasteiger partial charge in [-0.1, -0.05) is 18.2 Å². The van der Waals surface area contributed by atoms with Gasteiger partial charge in [0.25, 0.3) is 0 Å². The maximum Gasteiger partial charge on any atom is 0.340 e. The van der Waals surface area contributed by atoms with Gasteiger partial charge in [-0.05, 0) is 19.1 Å². The Bertz CT molecular complexity index is 447. The first-order valence-electron chi connectivity index (χ1n) is 4.45. The van der Waals surface area contributed by atoms with Crippen LogP contribution in [0.2, 0.25) is 0 Å². The van der Waals surface area contributed by atoms with Crippen LogP contribution in [0.15, 0.2) is 35.2 Å². The second kappa shape index (κ2) is 4.95.